The van der Waals surface area contributed by atoms with E-state index in [1.54, 1.807) is 67.5 Å². The molecule has 0 saturated heterocycles. The summed E-state index contributed by atoms with van der Waals surface area (Å²) in [6.07, 6.45) is 0.962. The first-order chi connectivity index (χ1) is 27.2. The molecule has 58 heavy (non-hydrogen) atoms. The smallest absolute Gasteiger partial charge is 0.408 e. The molecule has 9 N–H and O–H groups in total. The Bertz CT molecular complexity index is 1820. The van der Waals surface area contributed by atoms with E-state index in [9.17, 15) is 24.3 Å². The number of unbranched alkanes of at least 4 members (excludes halogenated alkanes) is 1. The third-order valence-corrected chi connectivity index (χ3v) is 8.57. The van der Waals surface area contributed by atoms with Crippen molar-refractivity contribution in [1.82, 2.24) is 31.4 Å². The predicted octanol–water partition coefficient (Wildman–Crippen LogP) is 4.51. The van der Waals surface area contributed by atoms with E-state index in [1.165, 1.54) is 0 Å². The minimum absolute atomic E-state index is 0.0400. The number of phenols is 1. The number of aryl methyl sites for hydroxylation is 2. The first-order valence-corrected chi connectivity index (χ1v) is 19.5. The van der Waals surface area contributed by atoms with Crippen LogP contribution < -0.4 is 32.7 Å². The van der Waals surface area contributed by atoms with Gasteiger partial charge in [0, 0.05) is 25.9 Å². The third kappa shape index (κ3) is 17.1. The number of ether oxygens (including phenoxy) is 2. The molecular weight excluding hydrogens is 747 g/mol. The van der Waals surface area contributed by atoms with Gasteiger partial charge in [0.15, 0.2) is 11.8 Å². The second-order valence-corrected chi connectivity index (χ2v) is 16.2. The molecule has 0 fully saturated rings. The largest absolute Gasteiger partial charge is 0.508 e. The number of aromatic hydroxyl groups is 1. The van der Waals surface area contributed by atoms with Crippen LogP contribution in [0.5, 0.6) is 5.75 Å². The number of amides is 4. The minimum Gasteiger partial charge on any atom is -0.508 e. The van der Waals surface area contributed by atoms with Crippen LogP contribution in [0.15, 0.2) is 52.0 Å². The quantitative estimate of drug-likeness (QED) is 0.0502. The fourth-order valence-corrected chi connectivity index (χ4v) is 5.97. The number of nitrogens with two attached hydrogens (primary N) is 2. The fourth-order valence-electron chi connectivity index (χ4n) is 5.97. The monoisotopic (exact) mass is 807 g/mol. The lowest BCUT2D eigenvalue weighted by Crippen LogP contribution is -2.55. The van der Waals surface area contributed by atoms with E-state index in [0.717, 1.165) is 11.1 Å². The summed E-state index contributed by atoms with van der Waals surface area (Å²) in [4.78, 5) is 62.2. The molecule has 3 aromatic rings. The number of carbonyl (C=O) groups excluding carboxylic acids is 4. The summed E-state index contributed by atoms with van der Waals surface area (Å²) in [5, 5.41) is 25.7. The Hall–Kier alpha value is -5.87. The molecule has 0 aliphatic heterocycles. The van der Waals surface area contributed by atoms with E-state index in [4.69, 9.17) is 25.5 Å². The lowest BCUT2D eigenvalue weighted by molar-refractivity contribution is -0.130. The average Bonchev–Trinajstić information content (AvgIpc) is 3.56. The van der Waals surface area contributed by atoms with Gasteiger partial charge >= 0.3 is 12.2 Å². The Morgan fingerprint density at radius 3 is 2.07 bits per heavy atom. The standard InChI is InChI=1S/C41H61N9O8/c1-25-21-28(51)22-26(2)29(25)24-32(47-34(52)30(18-14-20-44-37(42)43)48-39(55)57-41(6,7)8)35(53)46-31(17-12-13-19-45-38(54)56-40(3,4)5)36-49-33(50-58-36)23-27-15-10-9-11-16-27/h9-11,15-16,21-22,30-32,51H,12-14,17-20,23-24H2,1-8H3,(H,45,54)(H,46,53)(H,47,52)(H,48,55)(H4,42,43,44)/t30-,31+,32-/m1/s1. The summed E-state index contributed by atoms with van der Waals surface area (Å²) in [5.41, 5.74) is 12.6. The highest BCUT2D eigenvalue weighted by molar-refractivity contribution is 5.91. The summed E-state index contributed by atoms with van der Waals surface area (Å²) in [6.45, 7) is 14.6. The Labute approximate surface area is 340 Å². The highest BCUT2D eigenvalue weighted by Gasteiger charge is 2.31. The maximum absolute atomic E-state index is 14.4. The first-order valence-electron chi connectivity index (χ1n) is 19.5. The second kappa shape index (κ2) is 21.6. The van der Waals surface area contributed by atoms with E-state index in [-0.39, 0.29) is 37.0 Å². The highest BCUT2D eigenvalue weighted by Crippen LogP contribution is 2.24. The lowest BCUT2D eigenvalue weighted by Gasteiger charge is -2.27. The van der Waals surface area contributed by atoms with Gasteiger partial charge in [-0.2, -0.15) is 4.98 Å². The number of phenolic OH excluding ortho intramolecular Hbond substituents is 1. The number of nitrogens with zero attached hydrogens (tertiary/aromatic N) is 3. The maximum atomic E-state index is 14.4. The molecule has 0 aliphatic rings. The normalized spacial score (nSPS) is 13.0. The molecule has 0 saturated carbocycles. The molecule has 17 nitrogen and oxygen atoms in total. The van der Waals surface area contributed by atoms with Gasteiger partial charge in [0.05, 0.1) is 0 Å². The van der Waals surface area contributed by atoms with Crippen molar-refractivity contribution in [1.29, 1.82) is 0 Å². The van der Waals surface area contributed by atoms with Crippen LogP contribution in [0.25, 0.3) is 0 Å². The molecule has 318 valence electrons. The fraction of sp³-hybridized carbons (Fsp3) is 0.537. The minimum atomic E-state index is -1.17. The van der Waals surface area contributed by atoms with Crippen molar-refractivity contribution in [3.8, 4) is 5.75 Å². The number of benzene rings is 2. The number of guanidine groups is 1. The van der Waals surface area contributed by atoms with Crippen LogP contribution in [0.3, 0.4) is 0 Å². The van der Waals surface area contributed by atoms with Crippen molar-refractivity contribution in [2.75, 3.05) is 13.1 Å². The van der Waals surface area contributed by atoms with Crippen molar-refractivity contribution in [2.24, 2.45) is 16.5 Å². The summed E-state index contributed by atoms with van der Waals surface area (Å²) in [7, 11) is 0. The van der Waals surface area contributed by atoms with Gasteiger partial charge in [0.2, 0.25) is 17.7 Å². The van der Waals surface area contributed by atoms with Gasteiger partial charge in [0.1, 0.15) is 35.1 Å². The SMILES string of the molecule is Cc1cc(O)cc(C)c1C[C@@H](NC(=O)[C@@H](CCCN=C(N)N)NC(=O)OC(C)(C)C)C(=O)N[C@@H](CCCCNC(=O)OC(C)(C)C)c1nc(Cc2ccccc2)no1. The van der Waals surface area contributed by atoms with Crippen LogP contribution in [0.4, 0.5) is 9.59 Å². The van der Waals surface area contributed by atoms with Gasteiger partial charge in [-0.3, -0.25) is 14.6 Å². The average molecular weight is 808 g/mol. The zero-order valence-corrected chi connectivity index (χ0v) is 34.9. The number of hydrogen-bond acceptors (Lipinski definition) is 11. The molecule has 0 radical (unpaired) electrons. The molecule has 1 aromatic heterocycles. The lowest BCUT2D eigenvalue weighted by atomic mass is 9.95. The van der Waals surface area contributed by atoms with E-state index in [2.05, 4.69) is 36.4 Å². The number of aliphatic imine (C=N–C) groups is 1. The van der Waals surface area contributed by atoms with Crippen LogP contribution in [0, 0.1) is 13.8 Å². The predicted molar refractivity (Wildman–Crippen MR) is 219 cm³/mol. The number of nitrogens with one attached hydrogen (secondary N) is 4. The van der Waals surface area contributed by atoms with Crippen LogP contribution in [0.1, 0.15) is 114 Å². The molecule has 17 heteroatoms. The summed E-state index contributed by atoms with van der Waals surface area (Å²) >= 11 is 0. The molecule has 2 aromatic carbocycles. The zero-order chi connectivity index (χ0) is 43.0. The first kappa shape index (κ1) is 46.5. The number of hydrogen-bond donors (Lipinski definition) is 7. The Morgan fingerprint density at radius 2 is 1.45 bits per heavy atom. The topological polar surface area (TPSA) is 258 Å². The summed E-state index contributed by atoms with van der Waals surface area (Å²) < 4.78 is 16.5. The second-order valence-electron chi connectivity index (χ2n) is 16.2. The number of rotatable bonds is 19. The molecule has 1 heterocycles. The van der Waals surface area contributed by atoms with Crippen LogP contribution in [0.2, 0.25) is 0 Å². The van der Waals surface area contributed by atoms with Crippen LogP contribution >= 0.6 is 0 Å². The summed E-state index contributed by atoms with van der Waals surface area (Å²) in [6, 6.07) is 9.72. The molecule has 0 bridgehead atoms. The van der Waals surface area contributed by atoms with Crippen molar-refractivity contribution < 1.29 is 38.3 Å². The molecule has 3 rings (SSSR count). The van der Waals surface area contributed by atoms with Crippen LogP contribution in [-0.2, 0) is 31.9 Å². The number of carbonyl (C=O) groups is 4. The highest BCUT2D eigenvalue weighted by atomic mass is 16.6. The molecular formula is C41H61N9O8. The van der Waals surface area contributed by atoms with Gasteiger partial charge < -0.3 is 51.8 Å². The summed E-state index contributed by atoms with van der Waals surface area (Å²) in [5.74, 6) is -0.654. The molecule has 3 atom stereocenters. The van der Waals surface area contributed by atoms with Crippen LogP contribution in [-0.4, -0.2) is 81.6 Å². The zero-order valence-electron chi connectivity index (χ0n) is 34.9. The molecule has 4 amide bonds. The molecule has 0 aliphatic carbocycles. The number of alkyl carbamates (subject to hydrolysis) is 2. The van der Waals surface area contributed by atoms with Gasteiger partial charge in [-0.15, -0.1) is 0 Å². The van der Waals surface area contributed by atoms with Crippen molar-refractivity contribution in [2.45, 2.75) is 130 Å². The van der Waals surface area contributed by atoms with Gasteiger partial charge in [-0.1, -0.05) is 35.5 Å². The van der Waals surface area contributed by atoms with Crippen molar-refractivity contribution in [3.63, 3.8) is 0 Å². The van der Waals surface area contributed by atoms with E-state index >= 15 is 0 Å². The number of aromatic nitrogens is 2. The maximum Gasteiger partial charge on any atom is 0.408 e. The van der Waals surface area contributed by atoms with Gasteiger partial charge in [-0.05, 0) is 122 Å². The van der Waals surface area contributed by atoms with E-state index in [0.29, 0.717) is 55.6 Å². The van der Waals surface area contributed by atoms with E-state index < -0.39 is 53.3 Å². The molecule has 0 spiro atoms. The van der Waals surface area contributed by atoms with E-state index in [1.807, 2.05) is 30.3 Å². The Kier molecular flexibility index (Phi) is 17.3. The Morgan fingerprint density at radius 1 is 0.828 bits per heavy atom. The molecule has 0 unspecified atom stereocenters. The van der Waals surface area contributed by atoms with Crippen molar-refractivity contribution >= 4 is 30.0 Å². The Balaban J connectivity index is 1.91. The van der Waals surface area contributed by atoms with Gasteiger partial charge in [-0.25, -0.2) is 9.59 Å². The third-order valence-electron chi connectivity index (χ3n) is 8.57. The van der Waals surface area contributed by atoms with Gasteiger partial charge in [0.25, 0.3) is 0 Å². The van der Waals surface area contributed by atoms with Crippen molar-refractivity contribution in [3.05, 3.63) is 76.4 Å².